The highest BCUT2D eigenvalue weighted by molar-refractivity contribution is 7.87. The summed E-state index contributed by atoms with van der Waals surface area (Å²) in [6, 6.07) is 35.7. The maximum absolute atomic E-state index is 14.3. The van der Waals surface area contributed by atoms with Gasteiger partial charge in [-0.3, -0.25) is 4.79 Å². The maximum Gasteiger partial charge on any atom is 0.339 e. The number of nitrogens with zero attached hydrogens (tertiary/aromatic N) is 1. The Morgan fingerprint density at radius 1 is 0.619 bits per heavy atom. The minimum Gasteiger partial charge on any atom is -0.379 e. The Labute approximate surface area is 243 Å². The van der Waals surface area contributed by atoms with Crippen molar-refractivity contribution in [2.75, 3.05) is 0 Å². The van der Waals surface area contributed by atoms with E-state index in [1.54, 1.807) is 29.2 Å². The van der Waals surface area contributed by atoms with Gasteiger partial charge in [-0.05, 0) is 70.8 Å². The molecule has 5 aromatic carbocycles. The molecule has 0 saturated heterocycles. The van der Waals surface area contributed by atoms with Gasteiger partial charge in [0.15, 0.2) is 0 Å². The summed E-state index contributed by atoms with van der Waals surface area (Å²) < 4.78 is 57.3. The molecule has 0 aliphatic heterocycles. The number of amides is 1. The molecule has 0 unspecified atom stereocenters. The van der Waals surface area contributed by atoms with Crippen molar-refractivity contribution in [2.24, 2.45) is 0 Å². The Balaban J connectivity index is 1.42. The van der Waals surface area contributed by atoms with Crippen molar-refractivity contribution in [1.82, 2.24) is 4.90 Å². The Hall–Kier alpha value is -4.82. The lowest BCUT2D eigenvalue weighted by Gasteiger charge is -2.28. The first-order valence-electron chi connectivity index (χ1n) is 13.2. The van der Waals surface area contributed by atoms with Crippen LogP contribution in [0.25, 0.3) is 0 Å². The van der Waals surface area contributed by atoms with Crippen LogP contribution in [0, 0.1) is 11.6 Å². The van der Waals surface area contributed by atoms with Crippen LogP contribution >= 0.6 is 0 Å². The molecular weight excluding hydrogens is 556 g/mol. The standard InChI is InChI=1S/C34H27F2NO4S/c35-29-15-11-25(12-16-29)23-37(34(38)33(27-7-3-1-4-8-27)28-9-5-2-6-10-28)24-26-13-19-31(20-14-26)41-42(39,40)32-21-17-30(36)18-22-32/h1-22,33H,23-24H2. The van der Waals surface area contributed by atoms with Gasteiger partial charge in [-0.25, -0.2) is 8.78 Å². The van der Waals surface area contributed by atoms with Crippen LogP contribution in [0.3, 0.4) is 0 Å². The van der Waals surface area contributed by atoms with Gasteiger partial charge in [-0.2, -0.15) is 8.42 Å². The predicted octanol–water partition coefficient (Wildman–Crippen LogP) is 7.09. The summed E-state index contributed by atoms with van der Waals surface area (Å²) in [4.78, 5) is 15.8. The Morgan fingerprint density at radius 2 is 1.05 bits per heavy atom. The molecule has 5 nitrogen and oxygen atoms in total. The molecule has 0 aliphatic rings. The highest BCUT2D eigenvalue weighted by Crippen LogP contribution is 2.29. The smallest absolute Gasteiger partial charge is 0.339 e. The van der Waals surface area contributed by atoms with Crippen LogP contribution in [0.4, 0.5) is 8.78 Å². The second kappa shape index (κ2) is 12.8. The minimum absolute atomic E-state index is 0.0749. The van der Waals surface area contributed by atoms with Crippen LogP contribution < -0.4 is 4.18 Å². The van der Waals surface area contributed by atoms with E-state index in [0.717, 1.165) is 46.5 Å². The highest BCUT2D eigenvalue weighted by atomic mass is 32.2. The Bertz CT molecular complexity index is 1690. The SMILES string of the molecule is O=C(C(c1ccccc1)c1ccccc1)N(Cc1ccc(F)cc1)Cc1ccc(OS(=O)(=O)c2ccc(F)cc2)cc1. The first kappa shape index (κ1) is 28.7. The molecule has 5 aromatic rings. The van der Waals surface area contributed by atoms with E-state index in [9.17, 15) is 22.0 Å². The number of carbonyl (C=O) groups is 1. The number of hydrogen-bond acceptors (Lipinski definition) is 4. The molecule has 0 radical (unpaired) electrons. The lowest BCUT2D eigenvalue weighted by Crippen LogP contribution is -2.35. The van der Waals surface area contributed by atoms with Crippen molar-refractivity contribution in [3.63, 3.8) is 0 Å². The molecule has 8 heteroatoms. The van der Waals surface area contributed by atoms with Gasteiger partial charge in [0.1, 0.15) is 22.3 Å². The molecule has 0 saturated carbocycles. The van der Waals surface area contributed by atoms with E-state index in [-0.39, 0.29) is 35.5 Å². The third-order valence-corrected chi connectivity index (χ3v) is 7.98. The summed E-state index contributed by atoms with van der Waals surface area (Å²) in [5.74, 6) is -1.56. The molecule has 212 valence electrons. The molecule has 42 heavy (non-hydrogen) atoms. The zero-order chi connectivity index (χ0) is 29.5. The van der Waals surface area contributed by atoms with Crippen LogP contribution in [-0.2, 0) is 28.0 Å². The number of halogens is 2. The molecule has 0 N–H and O–H groups in total. The van der Waals surface area contributed by atoms with Crippen molar-refractivity contribution >= 4 is 16.0 Å². The first-order chi connectivity index (χ1) is 20.3. The summed E-state index contributed by atoms with van der Waals surface area (Å²) in [7, 11) is -4.16. The van der Waals surface area contributed by atoms with Crippen LogP contribution in [0.1, 0.15) is 28.2 Å². The summed E-state index contributed by atoms with van der Waals surface area (Å²) in [6.45, 7) is 0.434. The molecular formula is C34H27F2NO4S. The molecule has 0 aliphatic carbocycles. The third-order valence-electron chi connectivity index (χ3n) is 6.72. The summed E-state index contributed by atoms with van der Waals surface area (Å²) in [5.41, 5.74) is 3.17. The van der Waals surface area contributed by atoms with Crippen molar-refractivity contribution in [2.45, 2.75) is 23.9 Å². The normalized spacial score (nSPS) is 11.3. The summed E-state index contributed by atoms with van der Waals surface area (Å²) in [5, 5.41) is 0. The van der Waals surface area contributed by atoms with Crippen LogP contribution in [0.5, 0.6) is 5.75 Å². The molecule has 0 bridgehead atoms. The molecule has 5 rings (SSSR count). The van der Waals surface area contributed by atoms with E-state index in [1.165, 1.54) is 24.3 Å². The summed E-state index contributed by atoms with van der Waals surface area (Å²) >= 11 is 0. The van der Waals surface area contributed by atoms with E-state index in [0.29, 0.717) is 0 Å². The highest BCUT2D eigenvalue weighted by Gasteiger charge is 2.28. The van der Waals surface area contributed by atoms with Crippen LogP contribution in [0.15, 0.2) is 138 Å². The van der Waals surface area contributed by atoms with Gasteiger partial charge in [0.25, 0.3) is 0 Å². The monoisotopic (exact) mass is 583 g/mol. The number of hydrogen-bond donors (Lipinski definition) is 0. The number of carbonyl (C=O) groups excluding carboxylic acids is 1. The van der Waals surface area contributed by atoms with Gasteiger partial charge in [-0.1, -0.05) is 84.9 Å². The van der Waals surface area contributed by atoms with Crippen molar-refractivity contribution in [3.8, 4) is 5.75 Å². The van der Waals surface area contributed by atoms with E-state index in [2.05, 4.69) is 0 Å². The second-order valence-corrected chi connectivity index (χ2v) is 11.3. The van der Waals surface area contributed by atoms with Gasteiger partial charge in [0.05, 0.1) is 5.92 Å². The quantitative estimate of drug-likeness (QED) is 0.165. The van der Waals surface area contributed by atoms with Crippen LogP contribution in [0.2, 0.25) is 0 Å². The number of rotatable bonds is 10. The Morgan fingerprint density at radius 3 is 1.52 bits per heavy atom. The molecule has 0 atom stereocenters. The van der Waals surface area contributed by atoms with Gasteiger partial charge in [-0.15, -0.1) is 0 Å². The van der Waals surface area contributed by atoms with Gasteiger partial charge < -0.3 is 9.08 Å². The van der Waals surface area contributed by atoms with Crippen molar-refractivity contribution in [3.05, 3.63) is 167 Å². The average molecular weight is 584 g/mol. The fourth-order valence-corrected chi connectivity index (χ4v) is 5.55. The van der Waals surface area contributed by atoms with E-state index < -0.39 is 21.9 Å². The van der Waals surface area contributed by atoms with E-state index in [1.807, 2.05) is 60.7 Å². The molecule has 0 fully saturated rings. The molecule has 0 aromatic heterocycles. The van der Waals surface area contributed by atoms with Crippen LogP contribution in [-0.4, -0.2) is 19.2 Å². The predicted molar refractivity (Wildman–Crippen MR) is 156 cm³/mol. The largest absolute Gasteiger partial charge is 0.379 e. The van der Waals surface area contributed by atoms with Gasteiger partial charge in [0, 0.05) is 13.1 Å². The van der Waals surface area contributed by atoms with Crippen molar-refractivity contribution < 1.29 is 26.2 Å². The molecule has 0 heterocycles. The zero-order valence-electron chi connectivity index (χ0n) is 22.4. The fourth-order valence-electron chi connectivity index (χ4n) is 4.62. The topological polar surface area (TPSA) is 63.7 Å². The molecule has 1 amide bonds. The lowest BCUT2D eigenvalue weighted by molar-refractivity contribution is -0.133. The van der Waals surface area contributed by atoms with Gasteiger partial charge >= 0.3 is 10.1 Å². The van der Waals surface area contributed by atoms with Gasteiger partial charge in [0.2, 0.25) is 5.91 Å². The Kier molecular flexibility index (Phi) is 8.74. The van der Waals surface area contributed by atoms with E-state index in [4.69, 9.17) is 4.18 Å². The average Bonchev–Trinajstić information content (AvgIpc) is 3.00. The second-order valence-electron chi connectivity index (χ2n) is 9.71. The number of benzene rings is 5. The third kappa shape index (κ3) is 7.08. The van der Waals surface area contributed by atoms with E-state index >= 15 is 0 Å². The summed E-state index contributed by atoms with van der Waals surface area (Å²) in [6.07, 6.45) is 0. The molecule has 0 spiro atoms. The maximum atomic E-state index is 14.3. The van der Waals surface area contributed by atoms with Crippen molar-refractivity contribution in [1.29, 1.82) is 0 Å². The lowest BCUT2D eigenvalue weighted by atomic mass is 9.89. The first-order valence-corrected chi connectivity index (χ1v) is 14.6. The minimum atomic E-state index is -4.16. The zero-order valence-corrected chi connectivity index (χ0v) is 23.3. The fraction of sp³-hybridized carbons (Fsp3) is 0.0882.